The monoisotopic (exact) mass is 364 g/mol. The van der Waals surface area contributed by atoms with Gasteiger partial charge in [0.05, 0.1) is 18.2 Å². The molecular weight excluding hydrogens is 336 g/mol. The molecule has 0 radical (unpaired) electrons. The van der Waals surface area contributed by atoms with Crippen LogP contribution in [-0.4, -0.2) is 58.7 Å². The predicted molar refractivity (Wildman–Crippen MR) is 97.8 cm³/mol. The number of nitrogens with zero attached hydrogens (tertiary/aromatic N) is 3. The van der Waals surface area contributed by atoms with Gasteiger partial charge in [0.25, 0.3) is 0 Å². The summed E-state index contributed by atoms with van der Waals surface area (Å²) in [5, 5.41) is 12.6. The zero-order valence-electron chi connectivity index (χ0n) is 15.8. The van der Waals surface area contributed by atoms with E-state index in [0.717, 1.165) is 18.5 Å². The average molecular weight is 364 g/mol. The molecule has 2 heterocycles. The van der Waals surface area contributed by atoms with E-state index in [9.17, 15) is 14.4 Å². The molecule has 1 aromatic rings. The molecule has 0 aliphatic carbocycles. The van der Waals surface area contributed by atoms with Gasteiger partial charge in [-0.1, -0.05) is 13.8 Å². The first-order chi connectivity index (χ1) is 12.4. The number of aromatic nitrogens is 2. The SMILES string of the molecule is CCC(CC)n1nc(C)cc1NC(=O)N1CCNC(=O)[C@H]1CC(=O)NC. The minimum Gasteiger partial charge on any atom is -0.359 e. The second kappa shape index (κ2) is 8.68. The minimum atomic E-state index is -0.825. The number of nitrogens with one attached hydrogen (secondary N) is 3. The molecule has 1 saturated heterocycles. The summed E-state index contributed by atoms with van der Waals surface area (Å²) in [6, 6.07) is 0.772. The number of carbonyl (C=O) groups is 3. The van der Waals surface area contributed by atoms with Crippen LogP contribution in [0.2, 0.25) is 0 Å². The third kappa shape index (κ3) is 4.33. The van der Waals surface area contributed by atoms with Crippen molar-refractivity contribution in [2.24, 2.45) is 0 Å². The summed E-state index contributed by atoms with van der Waals surface area (Å²) in [4.78, 5) is 38.1. The van der Waals surface area contributed by atoms with Gasteiger partial charge in [-0.25, -0.2) is 9.48 Å². The molecule has 1 aliphatic rings. The van der Waals surface area contributed by atoms with Crippen LogP contribution >= 0.6 is 0 Å². The third-order valence-electron chi connectivity index (χ3n) is 4.63. The smallest absolute Gasteiger partial charge is 0.323 e. The molecular formula is C17H28N6O3. The third-order valence-corrected chi connectivity index (χ3v) is 4.63. The number of piperazine rings is 1. The van der Waals surface area contributed by atoms with E-state index in [0.29, 0.717) is 18.9 Å². The maximum absolute atomic E-state index is 12.8. The van der Waals surface area contributed by atoms with Gasteiger partial charge in [0, 0.05) is 26.2 Å². The van der Waals surface area contributed by atoms with E-state index in [-0.39, 0.29) is 24.3 Å². The van der Waals surface area contributed by atoms with Crippen LogP contribution in [0.25, 0.3) is 0 Å². The van der Waals surface area contributed by atoms with Crippen molar-refractivity contribution in [2.45, 2.75) is 52.1 Å². The van der Waals surface area contributed by atoms with Crippen LogP contribution in [0.1, 0.15) is 44.8 Å². The Morgan fingerprint density at radius 1 is 1.38 bits per heavy atom. The number of hydrogen-bond acceptors (Lipinski definition) is 4. The second-order valence-corrected chi connectivity index (χ2v) is 6.39. The van der Waals surface area contributed by atoms with Gasteiger partial charge < -0.3 is 15.5 Å². The molecule has 9 nitrogen and oxygen atoms in total. The second-order valence-electron chi connectivity index (χ2n) is 6.39. The fourth-order valence-corrected chi connectivity index (χ4v) is 3.14. The fourth-order valence-electron chi connectivity index (χ4n) is 3.14. The topological polar surface area (TPSA) is 108 Å². The maximum Gasteiger partial charge on any atom is 0.323 e. The van der Waals surface area contributed by atoms with Crippen molar-refractivity contribution in [3.8, 4) is 0 Å². The molecule has 144 valence electrons. The van der Waals surface area contributed by atoms with Gasteiger partial charge in [-0.05, 0) is 19.8 Å². The van der Waals surface area contributed by atoms with Crippen LogP contribution in [0, 0.1) is 6.92 Å². The first kappa shape index (κ1) is 19.7. The quantitative estimate of drug-likeness (QED) is 0.700. The molecule has 9 heteroatoms. The molecule has 1 fully saturated rings. The first-order valence-corrected chi connectivity index (χ1v) is 9.03. The van der Waals surface area contributed by atoms with Gasteiger partial charge in [0.2, 0.25) is 11.8 Å². The molecule has 1 aliphatic heterocycles. The van der Waals surface area contributed by atoms with Gasteiger partial charge in [0.15, 0.2) is 0 Å². The molecule has 4 amide bonds. The summed E-state index contributed by atoms with van der Waals surface area (Å²) >= 11 is 0. The highest BCUT2D eigenvalue weighted by atomic mass is 16.2. The highest BCUT2D eigenvalue weighted by Crippen LogP contribution is 2.22. The zero-order valence-corrected chi connectivity index (χ0v) is 15.8. The lowest BCUT2D eigenvalue weighted by molar-refractivity contribution is -0.132. The first-order valence-electron chi connectivity index (χ1n) is 9.03. The number of carbonyl (C=O) groups excluding carboxylic acids is 3. The molecule has 0 saturated carbocycles. The van der Waals surface area contributed by atoms with Crippen LogP contribution in [0.3, 0.4) is 0 Å². The van der Waals surface area contributed by atoms with E-state index in [2.05, 4.69) is 34.9 Å². The van der Waals surface area contributed by atoms with E-state index in [1.54, 1.807) is 0 Å². The van der Waals surface area contributed by atoms with Crippen molar-refractivity contribution in [3.63, 3.8) is 0 Å². The van der Waals surface area contributed by atoms with Crippen molar-refractivity contribution < 1.29 is 14.4 Å². The van der Waals surface area contributed by atoms with Crippen molar-refractivity contribution in [2.75, 3.05) is 25.5 Å². The van der Waals surface area contributed by atoms with Crippen LogP contribution in [-0.2, 0) is 9.59 Å². The number of amides is 4. The Balaban J connectivity index is 2.20. The summed E-state index contributed by atoms with van der Waals surface area (Å²) in [6.45, 7) is 6.73. The Morgan fingerprint density at radius 3 is 2.69 bits per heavy atom. The van der Waals surface area contributed by atoms with E-state index in [4.69, 9.17) is 0 Å². The van der Waals surface area contributed by atoms with E-state index < -0.39 is 12.1 Å². The van der Waals surface area contributed by atoms with Gasteiger partial charge in [-0.3, -0.25) is 14.9 Å². The summed E-state index contributed by atoms with van der Waals surface area (Å²) in [7, 11) is 1.50. The molecule has 0 aromatic carbocycles. The summed E-state index contributed by atoms with van der Waals surface area (Å²) in [6.07, 6.45) is 1.72. The number of hydrogen-bond donors (Lipinski definition) is 3. The molecule has 1 atom stereocenters. The summed E-state index contributed by atoms with van der Waals surface area (Å²) < 4.78 is 1.82. The molecule has 3 N–H and O–H groups in total. The Bertz CT molecular complexity index is 667. The van der Waals surface area contributed by atoms with Gasteiger partial charge >= 0.3 is 6.03 Å². The maximum atomic E-state index is 12.8. The molecule has 1 aromatic heterocycles. The van der Waals surface area contributed by atoms with Crippen molar-refractivity contribution in [1.82, 2.24) is 25.3 Å². The van der Waals surface area contributed by atoms with E-state index >= 15 is 0 Å². The van der Waals surface area contributed by atoms with Crippen molar-refractivity contribution in [3.05, 3.63) is 11.8 Å². The van der Waals surface area contributed by atoms with Crippen LogP contribution in [0.4, 0.5) is 10.6 Å². The average Bonchev–Trinajstić information content (AvgIpc) is 2.97. The lowest BCUT2D eigenvalue weighted by Gasteiger charge is -2.34. The molecule has 0 bridgehead atoms. The number of anilines is 1. The normalized spacial score (nSPS) is 17.2. The Hall–Kier alpha value is -2.58. The number of urea groups is 1. The molecule has 0 unspecified atom stereocenters. The summed E-state index contributed by atoms with van der Waals surface area (Å²) in [5.41, 5.74) is 0.811. The Kier molecular flexibility index (Phi) is 6.59. The fraction of sp³-hybridized carbons (Fsp3) is 0.647. The lowest BCUT2D eigenvalue weighted by Crippen LogP contribution is -2.59. The highest BCUT2D eigenvalue weighted by molar-refractivity contribution is 5.96. The standard InChI is InChI=1S/C17H28N6O3/c1-5-12(6-2)23-14(9-11(3)21-23)20-17(26)22-8-7-19-16(25)13(22)10-15(24)18-4/h9,12-13H,5-8,10H2,1-4H3,(H,18,24)(H,19,25)(H,20,26)/t13-/m1/s1. The van der Waals surface area contributed by atoms with Gasteiger partial charge in [0.1, 0.15) is 11.9 Å². The zero-order chi connectivity index (χ0) is 19.3. The number of rotatable bonds is 6. The van der Waals surface area contributed by atoms with Gasteiger partial charge in [-0.2, -0.15) is 5.10 Å². The molecule has 26 heavy (non-hydrogen) atoms. The highest BCUT2D eigenvalue weighted by Gasteiger charge is 2.35. The Labute approximate surface area is 153 Å². The lowest BCUT2D eigenvalue weighted by atomic mass is 10.1. The van der Waals surface area contributed by atoms with Crippen molar-refractivity contribution >= 4 is 23.7 Å². The van der Waals surface area contributed by atoms with E-state index in [1.165, 1.54) is 11.9 Å². The number of aryl methyl sites for hydroxylation is 1. The predicted octanol–water partition coefficient (Wildman–Crippen LogP) is 1.02. The molecule has 0 spiro atoms. The summed E-state index contributed by atoms with van der Waals surface area (Å²) in [5.74, 6) is -0.00618. The molecule has 2 rings (SSSR count). The van der Waals surface area contributed by atoms with Crippen LogP contribution in [0.5, 0.6) is 0 Å². The van der Waals surface area contributed by atoms with Crippen molar-refractivity contribution in [1.29, 1.82) is 0 Å². The van der Waals surface area contributed by atoms with Gasteiger partial charge in [-0.15, -0.1) is 0 Å². The minimum absolute atomic E-state index is 0.0689. The van der Waals surface area contributed by atoms with E-state index in [1.807, 2.05) is 17.7 Å². The van der Waals surface area contributed by atoms with Crippen LogP contribution < -0.4 is 16.0 Å². The van der Waals surface area contributed by atoms with Crippen LogP contribution in [0.15, 0.2) is 6.07 Å². The largest absolute Gasteiger partial charge is 0.359 e. The Morgan fingerprint density at radius 2 is 2.08 bits per heavy atom.